The van der Waals surface area contributed by atoms with E-state index in [0.29, 0.717) is 29.3 Å². The Kier molecular flexibility index (Phi) is 4.56. The molecule has 3 aromatic rings. The number of H-pyrrole nitrogens is 1. The van der Waals surface area contributed by atoms with E-state index in [1.807, 2.05) is 6.07 Å². The fourth-order valence-corrected chi connectivity index (χ4v) is 4.97. The average Bonchev–Trinajstić information content (AvgIpc) is 3.17. The molecule has 0 aliphatic carbocycles. The first-order valence-corrected chi connectivity index (χ1v) is 9.85. The molecule has 7 heteroatoms. The summed E-state index contributed by atoms with van der Waals surface area (Å²) < 4.78 is 3.85. The Morgan fingerprint density at radius 2 is 2.20 bits per heavy atom. The van der Waals surface area contributed by atoms with E-state index in [9.17, 15) is 4.79 Å². The Bertz CT molecular complexity index is 994. The number of rotatable bonds is 3. The van der Waals surface area contributed by atoms with Crippen LogP contribution in [0.15, 0.2) is 44.2 Å². The third-order valence-corrected chi connectivity index (χ3v) is 5.88. The summed E-state index contributed by atoms with van der Waals surface area (Å²) in [6, 6.07) is 8.35. The van der Waals surface area contributed by atoms with Crippen molar-refractivity contribution in [2.45, 2.75) is 25.4 Å². The van der Waals surface area contributed by atoms with E-state index in [1.165, 1.54) is 5.69 Å². The number of hydrogen-bond acceptors (Lipinski definition) is 3. The maximum atomic E-state index is 12.5. The van der Waals surface area contributed by atoms with Crippen molar-refractivity contribution in [2.24, 2.45) is 7.05 Å². The minimum atomic E-state index is -0.100. The summed E-state index contributed by atoms with van der Waals surface area (Å²) in [6.45, 7) is 1.66. The van der Waals surface area contributed by atoms with E-state index in [1.54, 1.807) is 6.07 Å². The third kappa shape index (κ3) is 3.20. The lowest BCUT2D eigenvalue weighted by Crippen LogP contribution is -2.26. The number of aromatic amines is 1. The highest BCUT2D eigenvalue weighted by Crippen LogP contribution is 2.33. The maximum Gasteiger partial charge on any atom is 0.258 e. The van der Waals surface area contributed by atoms with Gasteiger partial charge >= 0.3 is 0 Å². The molecule has 1 aliphatic heterocycles. The quantitative estimate of drug-likeness (QED) is 0.632. The number of halogens is 2. The Balaban J connectivity index is 1.69. The zero-order chi connectivity index (χ0) is 17.6. The lowest BCUT2D eigenvalue weighted by atomic mass is 10.1. The van der Waals surface area contributed by atoms with Gasteiger partial charge in [0.2, 0.25) is 0 Å². The number of aryl methyl sites for hydroxylation is 1. The summed E-state index contributed by atoms with van der Waals surface area (Å²) in [7, 11) is 2.08. The van der Waals surface area contributed by atoms with Crippen molar-refractivity contribution < 1.29 is 0 Å². The molecule has 0 saturated carbocycles. The molecule has 0 radical (unpaired) electrons. The van der Waals surface area contributed by atoms with E-state index < -0.39 is 0 Å². The van der Waals surface area contributed by atoms with Gasteiger partial charge in [-0.25, -0.2) is 4.98 Å². The predicted molar refractivity (Wildman–Crippen MR) is 106 cm³/mol. The van der Waals surface area contributed by atoms with Crippen molar-refractivity contribution in [1.82, 2.24) is 19.4 Å². The molecule has 5 nitrogen and oxygen atoms in total. The fraction of sp³-hybridized carbons (Fsp3) is 0.333. The summed E-state index contributed by atoms with van der Waals surface area (Å²) in [6.07, 6.45) is 4.37. The van der Waals surface area contributed by atoms with Crippen molar-refractivity contribution >= 4 is 42.8 Å². The fourth-order valence-electron chi connectivity index (χ4n) is 3.65. The summed E-state index contributed by atoms with van der Waals surface area (Å²) in [5.41, 5.74) is 1.92. The second-order valence-electron chi connectivity index (χ2n) is 6.47. The van der Waals surface area contributed by atoms with E-state index in [0.717, 1.165) is 28.3 Å². The van der Waals surface area contributed by atoms with Crippen LogP contribution in [0.2, 0.25) is 0 Å². The van der Waals surface area contributed by atoms with Crippen LogP contribution in [-0.4, -0.2) is 26.0 Å². The molecule has 1 saturated heterocycles. The van der Waals surface area contributed by atoms with Gasteiger partial charge in [-0.1, -0.05) is 15.9 Å². The summed E-state index contributed by atoms with van der Waals surface area (Å²) in [4.78, 5) is 22.5. The van der Waals surface area contributed by atoms with E-state index in [4.69, 9.17) is 4.98 Å². The van der Waals surface area contributed by atoms with Gasteiger partial charge in [-0.15, -0.1) is 0 Å². The summed E-state index contributed by atoms with van der Waals surface area (Å²) in [5.74, 6) is 0.710. The van der Waals surface area contributed by atoms with Crippen molar-refractivity contribution in [2.75, 3.05) is 6.54 Å². The number of fused-ring (bicyclic) bond motifs is 1. The number of aromatic nitrogens is 3. The topological polar surface area (TPSA) is 53.9 Å². The SMILES string of the molecule is Cn1cccc1[C@H]1CCCN1Cc1nc2c(Br)cc(Br)cc2c(=O)[nH]1. The molecule has 25 heavy (non-hydrogen) atoms. The highest BCUT2D eigenvalue weighted by atomic mass is 79.9. The molecule has 1 aliphatic rings. The minimum absolute atomic E-state index is 0.100. The number of likely N-dealkylation sites (tertiary alicyclic amines) is 1. The molecule has 0 unspecified atom stereocenters. The molecular weight excluding hydrogens is 448 g/mol. The van der Waals surface area contributed by atoms with Gasteiger partial charge in [0.25, 0.3) is 5.56 Å². The van der Waals surface area contributed by atoms with Crippen LogP contribution in [0.25, 0.3) is 10.9 Å². The number of nitrogens with zero attached hydrogens (tertiary/aromatic N) is 3. The van der Waals surface area contributed by atoms with Crippen LogP contribution in [-0.2, 0) is 13.6 Å². The van der Waals surface area contributed by atoms with Crippen molar-refractivity contribution in [3.05, 3.63) is 61.3 Å². The Hall–Kier alpha value is -1.44. The van der Waals surface area contributed by atoms with Crippen molar-refractivity contribution in [1.29, 1.82) is 0 Å². The number of nitrogens with one attached hydrogen (secondary N) is 1. The smallest absolute Gasteiger partial charge is 0.258 e. The largest absolute Gasteiger partial charge is 0.353 e. The molecule has 1 N–H and O–H groups in total. The van der Waals surface area contributed by atoms with Crippen LogP contribution in [0.4, 0.5) is 0 Å². The molecule has 130 valence electrons. The minimum Gasteiger partial charge on any atom is -0.353 e. The van der Waals surface area contributed by atoms with Gasteiger partial charge in [0.1, 0.15) is 5.82 Å². The molecule has 1 fully saturated rings. The molecule has 1 atom stereocenters. The Labute approximate surface area is 162 Å². The predicted octanol–water partition coefficient (Wildman–Crippen LogP) is 4.12. The Morgan fingerprint density at radius 3 is 2.96 bits per heavy atom. The Morgan fingerprint density at radius 1 is 1.36 bits per heavy atom. The molecular formula is C18H18Br2N4O. The lowest BCUT2D eigenvalue weighted by molar-refractivity contribution is 0.235. The van der Waals surface area contributed by atoms with Gasteiger partial charge in [-0.2, -0.15) is 0 Å². The second kappa shape index (κ2) is 6.70. The van der Waals surface area contributed by atoms with Crippen LogP contribution in [0.1, 0.15) is 30.4 Å². The molecule has 1 aromatic carbocycles. The standard InChI is InChI=1S/C18H18Br2N4O/c1-23-6-2-4-14(23)15-5-3-7-24(15)10-16-21-17-12(18(25)22-16)8-11(19)9-13(17)20/h2,4,6,8-9,15H,3,5,7,10H2,1H3,(H,21,22,25)/t15-/m1/s1. The van der Waals surface area contributed by atoms with Crippen LogP contribution in [0, 0.1) is 0 Å². The monoisotopic (exact) mass is 464 g/mol. The van der Waals surface area contributed by atoms with Crippen LogP contribution >= 0.6 is 31.9 Å². The zero-order valence-corrected chi connectivity index (χ0v) is 17.0. The van der Waals surface area contributed by atoms with Gasteiger partial charge in [0.05, 0.1) is 23.5 Å². The number of benzene rings is 1. The molecule has 4 rings (SSSR count). The van der Waals surface area contributed by atoms with E-state index in [2.05, 4.69) is 71.7 Å². The molecule has 0 spiro atoms. The zero-order valence-electron chi connectivity index (χ0n) is 13.8. The molecule has 3 heterocycles. The average molecular weight is 466 g/mol. The highest BCUT2D eigenvalue weighted by molar-refractivity contribution is 9.11. The first-order valence-electron chi connectivity index (χ1n) is 8.26. The number of hydrogen-bond donors (Lipinski definition) is 1. The normalized spacial score (nSPS) is 18.3. The first kappa shape index (κ1) is 17.0. The molecule has 0 bridgehead atoms. The van der Waals surface area contributed by atoms with Crippen LogP contribution in [0.5, 0.6) is 0 Å². The second-order valence-corrected chi connectivity index (χ2v) is 8.24. The van der Waals surface area contributed by atoms with Gasteiger partial charge in [0.15, 0.2) is 0 Å². The highest BCUT2D eigenvalue weighted by Gasteiger charge is 2.28. The van der Waals surface area contributed by atoms with Crippen molar-refractivity contribution in [3.63, 3.8) is 0 Å². The van der Waals surface area contributed by atoms with Crippen LogP contribution < -0.4 is 5.56 Å². The van der Waals surface area contributed by atoms with Gasteiger partial charge in [-0.3, -0.25) is 9.69 Å². The molecule has 2 aromatic heterocycles. The van der Waals surface area contributed by atoms with Gasteiger partial charge < -0.3 is 9.55 Å². The summed E-state index contributed by atoms with van der Waals surface area (Å²) in [5, 5.41) is 0.588. The lowest BCUT2D eigenvalue weighted by Gasteiger charge is -2.24. The molecule has 0 amide bonds. The van der Waals surface area contributed by atoms with Gasteiger partial charge in [0, 0.05) is 27.9 Å². The maximum absolute atomic E-state index is 12.5. The van der Waals surface area contributed by atoms with Crippen LogP contribution in [0.3, 0.4) is 0 Å². The van der Waals surface area contributed by atoms with Gasteiger partial charge in [-0.05, 0) is 59.6 Å². The van der Waals surface area contributed by atoms with E-state index in [-0.39, 0.29) is 5.56 Å². The third-order valence-electron chi connectivity index (χ3n) is 4.82. The van der Waals surface area contributed by atoms with E-state index >= 15 is 0 Å². The van der Waals surface area contributed by atoms with Crippen molar-refractivity contribution in [3.8, 4) is 0 Å². The first-order chi connectivity index (χ1) is 12.0. The summed E-state index contributed by atoms with van der Waals surface area (Å²) >= 11 is 6.94.